The number of anilines is 1. The Morgan fingerprint density at radius 2 is 2.17 bits per heavy atom. The molecule has 0 bridgehead atoms. The van der Waals surface area contributed by atoms with Crippen molar-refractivity contribution in [3.8, 4) is 0 Å². The lowest BCUT2D eigenvalue weighted by atomic mass is 9.94. The molecule has 0 fully saturated rings. The van der Waals surface area contributed by atoms with Crippen molar-refractivity contribution in [1.29, 1.82) is 0 Å². The first-order chi connectivity index (χ1) is 8.58. The number of aliphatic hydroxyl groups is 1. The smallest absolute Gasteiger partial charge is 0.232 e. The second-order valence-electron chi connectivity index (χ2n) is 4.72. The third-order valence-corrected chi connectivity index (χ3v) is 3.44. The van der Waals surface area contributed by atoms with Crippen LogP contribution in [0.25, 0.3) is 0 Å². The molecule has 0 aromatic heterocycles. The van der Waals surface area contributed by atoms with E-state index in [9.17, 15) is 14.3 Å². The maximum Gasteiger partial charge on any atom is 0.232 e. The van der Waals surface area contributed by atoms with Crippen LogP contribution < -0.4 is 5.32 Å². The maximum absolute atomic E-state index is 13.9. The number of hydrogen-bond donors (Lipinski definition) is 2. The van der Waals surface area contributed by atoms with Crippen molar-refractivity contribution in [2.24, 2.45) is 0 Å². The summed E-state index contributed by atoms with van der Waals surface area (Å²) < 4.78 is 13.9. The van der Waals surface area contributed by atoms with E-state index in [0.29, 0.717) is 24.0 Å². The van der Waals surface area contributed by atoms with Crippen LogP contribution in [-0.2, 0) is 4.79 Å². The number of halogens is 1. The predicted molar refractivity (Wildman–Crippen MR) is 67.9 cm³/mol. The summed E-state index contributed by atoms with van der Waals surface area (Å²) >= 11 is 0. The lowest BCUT2D eigenvalue weighted by Crippen LogP contribution is -2.10. The summed E-state index contributed by atoms with van der Waals surface area (Å²) in [6, 6.07) is 3.07. The van der Waals surface area contributed by atoms with Gasteiger partial charge in [0.05, 0.1) is 17.7 Å². The Bertz CT molecular complexity index is 473. The van der Waals surface area contributed by atoms with Gasteiger partial charge in [0.25, 0.3) is 0 Å². The minimum atomic E-state index is -0.664. The van der Waals surface area contributed by atoms with Gasteiger partial charge < -0.3 is 10.4 Å². The van der Waals surface area contributed by atoms with E-state index >= 15 is 0 Å². The van der Waals surface area contributed by atoms with E-state index in [2.05, 4.69) is 5.32 Å². The number of benzene rings is 1. The maximum atomic E-state index is 13.9. The average molecular weight is 251 g/mol. The lowest BCUT2D eigenvalue weighted by molar-refractivity contribution is -0.117. The molecule has 2 unspecified atom stereocenters. The third-order valence-electron chi connectivity index (χ3n) is 3.44. The van der Waals surface area contributed by atoms with E-state index in [1.807, 2.05) is 13.8 Å². The zero-order valence-electron chi connectivity index (χ0n) is 10.7. The van der Waals surface area contributed by atoms with Crippen molar-refractivity contribution >= 4 is 11.6 Å². The van der Waals surface area contributed by atoms with Gasteiger partial charge in [0.2, 0.25) is 5.91 Å². The molecule has 4 heteroatoms. The summed E-state index contributed by atoms with van der Waals surface area (Å²) in [5.74, 6) is -0.918. The van der Waals surface area contributed by atoms with Crippen LogP contribution in [0.3, 0.4) is 0 Å². The van der Waals surface area contributed by atoms with Crippen molar-refractivity contribution in [1.82, 2.24) is 0 Å². The SMILES string of the molecule is CCCC(O)c1cc(F)c2c(c1)C(CC)C(=O)N2. The Balaban J connectivity index is 2.42. The van der Waals surface area contributed by atoms with Gasteiger partial charge in [-0.3, -0.25) is 4.79 Å². The molecule has 3 nitrogen and oxygen atoms in total. The highest BCUT2D eigenvalue weighted by Crippen LogP contribution is 2.38. The zero-order valence-corrected chi connectivity index (χ0v) is 10.7. The van der Waals surface area contributed by atoms with Gasteiger partial charge in [-0.2, -0.15) is 0 Å². The van der Waals surface area contributed by atoms with E-state index in [0.717, 1.165) is 6.42 Å². The first-order valence-corrected chi connectivity index (χ1v) is 6.40. The Kier molecular flexibility index (Phi) is 3.66. The molecule has 18 heavy (non-hydrogen) atoms. The van der Waals surface area contributed by atoms with Gasteiger partial charge in [-0.25, -0.2) is 4.39 Å². The van der Waals surface area contributed by atoms with Crippen LogP contribution in [0.5, 0.6) is 0 Å². The number of rotatable bonds is 4. The average Bonchev–Trinajstić information content (AvgIpc) is 2.65. The summed E-state index contributed by atoms with van der Waals surface area (Å²) in [5.41, 5.74) is 1.51. The van der Waals surface area contributed by atoms with Crippen LogP contribution in [-0.4, -0.2) is 11.0 Å². The molecule has 1 aromatic rings. The molecule has 0 saturated carbocycles. The second kappa shape index (κ2) is 5.06. The van der Waals surface area contributed by atoms with Crippen molar-refractivity contribution in [3.63, 3.8) is 0 Å². The largest absolute Gasteiger partial charge is 0.388 e. The van der Waals surface area contributed by atoms with Crippen LogP contribution in [0.15, 0.2) is 12.1 Å². The molecule has 1 aliphatic rings. The van der Waals surface area contributed by atoms with Gasteiger partial charge in [-0.05, 0) is 30.0 Å². The highest BCUT2D eigenvalue weighted by atomic mass is 19.1. The first kappa shape index (κ1) is 13.0. The van der Waals surface area contributed by atoms with Crippen molar-refractivity contribution < 1.29 is 14.3 Å². The van der Waals surface area contributed by atoms with Gasteiger partial charge in [0, 0.05) is 0 Å². The minimum absolute atomic E-state index is 0.159. The van der Waals surface area contributed by atoms with Crippen LogP contribution in [0.4, 0.5) is 10.1 Å². The molecule has 1 heterocycles. The van der Waals surface area contributed by atoms with Crippen molar-refractivity contribution in [2.75, 3.05) is 5.32 Å². The van der Waals surface area contributed by atoms with Crippen LogP contribution in [0.2, 0.25) is 0 Å². The number of fused-ring (bicyclic) bond motifs is 1. The van der Waals surface area contributed by atoms with Gasteiger partial charge in [0.1, 0.15) is 5.82 Å². The van der Waals surface area contributed by atoms with Crippen LogP contribution in [0, 0.1) is 5.82 Å². The molecule has 0 spiro atoms. The summed E-state index contributed by atoms with van der Waals surface area (Å²) in [5, 5.41) is 12.5. The van der Waals surface area contributed by atoms with Crippen molar-refractivity contribution in [2.45, 2.75) is 45.1 Å². The number of carbonyl (C=O) groups is 1. The molecule has 2 N–H and O–H groups in total. The van der Waals surface area contributed by atoms with E-state index in [1.165, 1.54) is 6.07 Å². The molecule has 0 aliphatic carbocycles. The molecule has 2 atom stereocenters. The van der Waals surface area contributed by atoms with E-state index in [1.54, 1.807) is 6.07 Å². The topological polar surface area (TPSA) is 49.3 Å². The van der Waals surface area contributed by atoms with Crippen LogP contribution >= 0.6 is 0 Å². The fourth-order valence-corrected chi connectivity index (χ4v) is 2.45. The Hall–Kier alpha value is -1.42. The third kappa shape index (κ3) is 2.12. The van der Waals surface area contributed by atoms with Gasteiger partial charge >= 0.3 is 0 Å². The number of amides is 1. The van der Waals surface area contributed by atoms with Gasteiger partial charge in [-0.15, -0.1) is 0 Å². The predicted octanol–water partition coefficient (Wildman–Crippen LogP) is 3.10. The zero-order chi connectivity index (χ0) is 13.3. The number of hydrogen-bond acceptors (Lipinski definition) is 2. The lowest BCUT2D eigenvalue weighted by Gasteiger charge is -2.13. The molecule has 1 aliphatic heterocycles. The molecule has 1 aromatic carbocycles. The highest BCUT2D eigenvalue weighted by Gasteiger charge is 2.32. The van der Waals surface area contributed by atoms with E-state index in [4.69, 9.17) is 0 Å². The molecule has 98 valence electrons. The van der Waals surface area contributed by atoms with E-state index < -0.39 is 11.9 Å². The minimum Gasteiger partial charge on any atom is -0.388 e. The standard InChI is InChI=1S/C14H18FNO2/c1-3-5-12(17)8-6-10-9(4-2)14(18)16-13(10)11(15)7-8/h6-7,9,12,17H,3-5H2,1-2H3,(H,16,18). The molecule has 2 rings (SSSR count). The number of aliphatic hydroxyl groups excluding tert-OH is 1. The summed E-state index contributed by atoms with van der Waals surface area (Å²) in [6.45, 7) is 3.86. The molecule has 1 amide bonds. The second-order valence-corrected chi connectivity index (χ2v) is 4.72. The molecular formula is C14H18FNO2. The fourth-order valence-electron chi connectivity index (χ4n) is 2.45. The first-order valence-electron chi connectivity index (χ1n) is 6.40. The van der Waals surface area contributed by atoms with Gasteiger partial charge in [0.15, 0.2) is 0 Å². The molecular weight excluding hydrogens is 233 g/mol. The summed E-state index contributed by atoms with van der Waals surface area (Å²) in [4.78, 5) is 11.7. The number of nitrogens with one attached hydrogen (secondary N) is 1. The fraction of sp³-hybridized carbons (Fsp3) is 0.500. The highest BCUT2D eigenvalue weighted by molar-refractivity contribution is 6.03. The monoisotopic (exact) mass is 251 g/mol. The summed E-state index contributed by atoms with van der Waals surface area (Å²) in [6.07, 6.45) is 1.39. The molecule has 0 saturated heterocycles. The van der Waals surface area contributed by atoms with E-state index in [-0.39, 0.29) is 17.5 Å². The summed E-state index contributed by atoms with van der Waals surface area (Å²) in [7, 11) is 0. The van der Waals surface area contributed by atoms with Crippen LogP contribution in [0.1, 0.15) is 56.3 Å². The van der Waals surface area contributed by atoms with Gasteiger partial charge in [-0.1, -0.05) is 26.3 Å². The Morgan fingerprint density at radius 3 is 2.78 bits per heavy atom. The number of carbonyl (C=O) groups excluding carboxylic acids is 1. The Morgan fingerprint density at radius 1 is 1.44 bits per heavy atom. The Labute approximate surface area is 106 Å². The normalized spacial score (nSPS) is 19.6. The van der Waals surface area contributed by atoms with Crippen molar-refractivity contribution in [3.05, 3.63) is 29.1 Å². The quantitative estimate of drug-likeness (QED) is 0.863. The molecule has 0 radical (unpaired) electrons.